The van der Waals surface area contributed by atoms with E-state index in [-0.39, 0.29) is 11.8 Å². The van der Waals surface area contributed by atoms with Crippen LogP contribution in [-0.4, -0.2) is 18.9 Å². The highest BCUT2D eigenvalue weighted by molar-refractivity contribution is 6.02. The summed E-state index contributed by atoms with van der Waals surface area (Å²) in [5.41, 5.74) is 3.17. The number of ether oxygens (including phenoxy) is 2. The molecule has 3 aromatic rings. The fourth-order valence-corrected chi connectivity index (χ4v) is 2.84. The van der Waals surface area contributed by atoms with Crippen molar-refractivity contribution in [2.75, 3.05) is 17.7 Å². The zero-order valence-corrected chi connectivity index (χ0v) is 17.4. The molecule has 158 valence electrons. The predicted molar refractivity (Wildman–Crippen MR) is 122 cm³/mol. The van der Waals surface area contributed by atoms with Gasteiger partial charge in [-0.25, -0.2) is 0 Å². The Bertz CT molecular complexity index is 1060. The Morgan fingerprint density at radius 2 is 1.55 bits per heavy atom. The molecule has 0 saturated carbocycles. The quantitative estimate of drug-likeness (QED) is 0.513. The Hall–Kier alpha value is -4.06. The van der Waals surface area contributed by atoms with E-state index in [2.05, 4.69) is 10.6 Å². The molecule has 6 nitrogen and oxygen atoms in total. The Balaban J connectivity index is 1.59. The summed E-state index contributed by atoms with van der Waals surface area (Å²) in [6.45, 7) is 1.88. The fourth-order valence-electron chi connectivity index (χ4n) is 2.84. The van der Waals surface area contributed by atoms with Crippen LogP contribution in [0.5, 0.6) is 11.5 Å². The molecule has 0 aliphatic rings. The number of hydrogen-bond acceptors (Lipinski definition) is 4. The average molecular weight is 416 g/mol. The molecule has 6 heteroatoms. The van der Waals surface area contributed by atoms with Gasteiger partial charge in [0.05, 0.1) is 7.11 Å². The van der Waals surface area contributed by atoms with Crippen LogP contribution in [0, 0.1) is 0 Å². The number of anilines is 2. The van der Waals surface area contributed by atoms with Gasteiger partial charge in [-0.1, -0.05) is 36.4 Å². The third-order valence-electron chi connectivity index (χ3n) is 4.32. The summed E-state index contributed by atoms with van der Waals surface area (Å²) >= 11 is 0. The van der Waals surface area contributed by atoms with Gasteiger partial charge in [0, 0.05) is 24.4 Å². The van der Waals surface area contributed by atoms with Crippen molar-refractivity contribution in [1.82, 2.24) is 0 Å². The first kappa shape index (κ1) is 21.6. The van der Waals surface area contributed by atoms with Crippen molar-refractivity contribution in [3.05, 3.63) is 90.0 Å². The highest BCUT2D eigenvalue weighted by Crippen LogP contribution is 2.29. The van der Waals surface area contributed by atoms with Crippen LogP contribution in [0.4, 0.5) is 11.4 Å². The number of carbonyl (C=O) groups excluding carboxylic acids is 2. The molecule has 0 bridgehead atoms. The van der Waals surface area contributed by atoms with Gasteiger partial charge in [-0.2, -0.15) is 0 Å². The van der Waals surface area contributed by atoms with Crippen LogP contribution >= 0.6 is 0 Å². The second-order valence-corrected chi connectivity index (χ2v) is 6.77. The molecule has 0 aliphatic heterocycles. The summed E-state index contributed by atoms with van der Waals surface area (Å²) in [4.78, 5) is 23.3. The third-order valence-corrected chi connectivity index (χ3v) is 4.32. The number of rotatable bonds is 8. The molecule has 2 N–H and O–H groups in total. The topological polar surface area (TPSA) is 76.7 Å². The molecule has 3 rings (SSSR count). The summed E-state index contributed by atoms with van der Waals surface area (Å²) in [6, 6.07) is 22.3. The lowest BCUT2D eigenvalue weighted by atomic mass is 10.2. The minimum absolute atomic E-state index is 0.147. The SMILES string of the molecule is COc1cc(/C=C/C(=O)Nc2ccc(NC(C)=O)cc2)ccc1OCc1ccccc1. The number of benzene rings is 3. The van der Waals surface area contributed by atoms with Crippen molar-refractivity contribution in [1.29, 1.82) is 0 Å². The van der Waals surface area contributed by atoms with E-state index in [1.54, 1.807) is 37.5 Å². The molecule has 31 heavy (non-hydrogen) atoms. The van der Waals surface area contributed by atoms with E-state index in [0.717, 1.165) is 11.1 Å². The second-order valence-electron chi connectivity index (χ2n) is 6.77. The van der Waals surface area contributed by atoms with Crippen LogP contribution < -0.4 is 20.1 Å². The molecular formula is C25H24N2O4. The summed E-state index contributed by atoms with van der Waals surface area (Å²) in [5.74, 6) is 0.807. The van der Waals surface area contributed by atoms with Crippen LogP contribution in [0.15, 0.2) is 78.9 Å². The number of methoxy groups -OCH3 is 1. The van der Waals surface area contributed by atoms with Gasteiger partial charge < -0.3 is 20.1 Å². The molecule has 0 unspecified atom stereocenters. The molecule has 0 aliphatic carbocycles. The van der Waals surface area contributed by atoms with Gasteiger partial charge in [0.15, 0.2) is 11.5 Å². The maximum absolute atomic E-state index is 12.2. The van der Waals surface area contributed by atoms with Gasteiger partial charge in [0.2, 0.25) is 11.8 Å². The van der Waals surface area contributed by atoms with Crippen molar-refractivity contribution in [2.45, 2.75) is 13.5 Å². The van der Waals surface area contributed by atoms with Crippen molar-refractivity contribution in [3.8, 4) is 11.5 Å². The van der Waals surface area contributed by atoms with E-state index in [0.29, 0.717) is 29.5 Å². The largest absolute Gasteiger partial charge is 0.493 e. The fraction of sp³-hybridized carbons (Fsp3) is 0.120. The Morgan fingerprint density at radius 3 is 2.19 bits per heavy atom. The molecule has 0 atom stereocenters. The third kappa shape index (κ3) is 6.75. The zero-order chi connectivity index (χ0) is 22.1. The lowest BCUT2D eigenvalue weighted by Gasteiger charge is -2.11. The van der Waals surface area contributed by atoms with Crippen LogP contribution in [0.2, 0.25) is 0 Å². The first-order valence-corrected chi connectivity index (χ1v) is 9.75. The highest BCUT2D eigenvalue weighted by atomic mass is 16.5. The monoisotopic (exact) mass is 416 g/mol. The zero-order valence-electron chi connectivity index (χ0n) is 17.4. The van der Waals surface area contributed by atoms with E-state index in [9.17, 15) is 9.59 Å². The summed E-state index contributed by atoms with van der Waals surface area (Å²) in [5, 5.41) is 5.45. The smallest absolute Gasteiger partial charge is 0.248 e. The van der Waals surface area contributed by atoms with Gasteiger partial charge in [-0.15, -0.1) is 0 Å². The number of nitrogens with one attached hydrogen (secondary N) is 2. The van der Waals surface area contributed by atoms with E-state index in [4.69, 9.17) is 9.47 Å². The maximum atomic E-state index is 12.2. The lowest BCUT2D eigenvalue weighted by molar-refractivity contribution is -0.114. The number of carbonyl (C=O) groups is 2. The summed E-state index contributed by atoms with van der Waals surface area (Å²) < 4.78 is 11.3. The number of hydrogen-bond donors (Lipinski definition) is 2. The molecule has 0 heterocycles. The molecule has 0 fully saturated rings. The van der Waals surface area contributed by atoms with Crippen molar-refractivity contribution in [2.24, 2.45) is 0 Å². The molecule has 0 radical (unpaired) electrons. The van der Waals surface area contributed by atoms with Crippen LogP contribution in [-0.2, 0) is 16.2 Å². The minimum Gasteiger partial charge on any atom is -0.493 e. The molecule has 3 aromatic carbocycles. The first-order valence-electron chi connectivity index (χ1n) is 9.75. The van der Waals surface area contributed by atoms with Gasteiger partial charge in [0.25, 0.3) is 0 Å². The molecule has 0 saturated heterocycles. The Labute approximate surface area is 181 Å². The average Bonchev–Trinajstić information content (AvgIpc) is 2.78. The standard InChI is InChI=1S/C25H24N2O4/c1-18(28)26-21-10-12-22(13-11-21)27-25(29)15-9-19-8-14-23(24(16-19)30-2)31-17-20-6-4-3-5-7-20/h3-16H,17H2,1-2H3,(H,26,28)(H,27,29)/b15-9+. The van der Waals surface area contributed by atoms with E-state index in [1.807, 2.05) is 48.5 Å². The van der Waals surface area contributed by atoms with Crippen LogP contribution in [0.3, 0.4) is 0 Å². The normalized spacial score (nSPS) is 10.5. The number of amides is 2. The van der Waals surface area contributed by atoms with E-state index >= 15 is 0 Å². The van der Waals surface area contributed by atoms with Gasteiger partial charge in [-0.05, 0) is 53.6 Å². The predicted octanol–water partition coefficient (Wildman–Crippen LogP) is 4.88. The van der Waals surface area contributed by atoms with Crippen molar-refractivity contribution < 1.29 is 19.1 Å². The summed E-state index contributed by atoms with van der Waals surface area (Å²) in [7, 11) is 1.58. The first-order chi connectivity index (χ1) is 15.0. The van der Waals surface area contributed by atoms with E-state index in [1.165, 1.54) is 13.0 Å². The molecular weight excluding hydrogens is 392 g/mol. The van der Waals surface area contributed by atoms with E-state index < -0.39 is 0 Å². The molecule has 0 spiro atoms. The van der Waals surface area contributed by atoms with Crippen LogP contribution in [0.1, 0.15) is 18.1 Å². The Kier molecular flexibility index (Phi) is 7.43. The second kappa shape index (κ2) is 10.6. The van der Waals surface area contributed by atoms with Crippen LogP contribution in [0.25, 0.3) is 6.08 Å². The van der Waals surface area contributed by atoms with Gasteiger partial charge >= 0.3 is 0 Å². The molecule has 2 amide bonds. The minimum atomic E-state index is -0.268. The van der Waals surface area contributed by atoms with Crippen molar-refractivity contribution >= 4 is 29.3 Å². The van der Waals surface area contributed by atoms with Crippen molar-refractivity contribution in [3.63, 3.8) is 0 Å². The van der Waals surface area contributed by atoms with Gasteiger partial charge in [-0.3, -0.25) is 9.59 Å². The highest BCUT2D eigenvalue weighted by Gasteiger charge is 2.06. The maximum Gasteiger partial charge on any atom is 0.248 e. The summed E-state index contributed by atoms with van der Waals surface area (Å²) in [6.07, 6.45) is 3.14. The lowest BCUT2D eigenvalue weighted by Crippen LogP contribution is -2.08. The molecule has 0 aromatic heterocycles. The Morgan fingerprint density at radius 1 is 0.871 bits per heavy atom. The van der Waals surface area contributed by atoms with Gasteiger partial charge in [0.1, 0.15) is 6.61 Å².